The van der Waals surface area contributed by atoms with Crippen molar-refractivity contribution in [3.05, 3.63) is 12.2 Å². The second-order valence-corrected chi connectivity index (χ2v) is 4.76. The molecule has 14 heavy (non-hydrogen) atoms. The maximum absolute atomic E-state index is 6.11. The minimum Gasteiger partial charge on any atom is -0.356 e. The van der Waals surface area contributed by atoms with Gasteiger partial charge in [0.05, 0.1) is 6.61 Å². The highest BCUT2D eigenvalue weighted by molar-refractivity contribution is 5.12. The van der Waals surface area contributed by atoms with E-state index in [9.17, 15) is 0 Å². The summed E-state index contributed by atoms with van der Waals surface area (Å²) in [5.74, 6) is 0.765. The lowest BCUT2D eigenvalue weighted by Crippen LogP contribution is -2.61. The number of rotatable bonds is 0. The number of nitrogens with zero attached hydrogens (tertiary/aromatic N) is 1. The summed E-state index contributed by atoms with van der Waals surface area (Å²) in [4.78, 5) is 2.57. The Hall–Kier alpha value is -0.340. The minimum atomic E-state index is 0.0226. The Morgan fingerprint density at radius 2 is 2.14 bits per heavy atom. The van der Waals surface area contributed by atoms with Gasteiger partial charge < -0.3 is 4.74 Å². The molecule has 2 saturated heterocycles. The maximum Gasteiger partial charge on any atom is 0.143 e. The first-order chi connectivity index (χ1) is 6.92. The first-order valence-corrected chi connectivity index (χ1v) is 5.98. The Kier molecular flexibility index (Phi) is 2.14. The maximum atomic E-state index is 6.11. The van der Waals surface area contributed by atoms with Crippen LogP contribution >= 0.6 is 0 Å². The van der Waals surface area contributed by atoms with Crippen molar-refractivity contribution < 1.29 is 4.74 Å². The van der Waals surface area contributed by atoms with Crippen LogP contribution in [0.3, 0.4) is 0 Å². The molecule has 0 aromatic rings. The highest BCUT2D eigenvalue weighted by Gasteiger charge is 2.47. The molecule has 1 aliphatic carbocycles. The van der Waals surface area contributed by atoms with Crippen LogP contribution in [0.5, 0.6) is 0 Å². The molecular weight excluding hydrogens is 174 g/mol. The number of ether oxygens (including phenoxy) is 1. The zero-order valence-electron chi connectivity index (χ0n) is 8.74. The van der Waals surface area contributed by atoms with E-state index >= 15 is 0 Å². The lowest BCUT2D eigenvalue weighted by Gasteiger charge is -2.54. The SMILES string of the molecule is C1=CC23OCCCN2CCCC3CC1. The smallest absolute Gasteiger partial charge is 0.143 e. The third-order valence-electron chi connectivity index (χ3n) is 4.00. The van der Waals surface area contributed by atoms with Gasteiger partial charge in [0, 0.05) is 19.0 Å². The van der Waals surface area contributed by atoms with Crippen molar-refractivity contribution in [2.45, 2.75) is 37.8 Å². The van der Waals surface area contributed by atoms with Crippen LogP contribution in [0.15, 0.2) is 12.2 Å². The standard InChI is InChI=1S/C12H19NO/c1-2-7-12-11(5-1)6-3-8-13(12)9-4-10-14-12/h2,7,11H,1,3-6,8-10H2. The number of piperidine rings is 1. The molecule has 2 heteroatoms. The Labute approximate surface area is 85.9 Å². The van der Waals surface area contributed by atoms with Crippen LogP contribution in [0.2, 0.25) is 0 Å². The molecule has 3 aliphatic rings. The van der Waals surface area contributed by atoms with Crippen LogP contribution in [-0.2, 0) is 4.74 Å². The molecule has 3 rings (SSSR count). The molecule has 0 aromatic heterocycles. The Balaban J connectivity index is 1.94. The normalized spacial score (nSPS) is 43.0. The van der Waals surface area contributed by atoms with Crippen molar-refractivity contribution >= 4 is 0 Å². The van der Waals surface area contributed by atoms with Gasteiger partial charge in [0.25, 0.3) is 0 Å². The van der Waals surface area contributed by atoms with Crippen molar-refractivity contribution in [1.29, 1.82) is 0 Å². The zero-order chi connectivity index (χ0) is 9.43. The van der Waals surface area contributed by atoms with Gasteiger partial charge in [-0.2, -0.15) is 0 Å². The number of hydrogen-bond donors (Lipinski definition) is 0. The minimum absolute atomic E-state index is 0.0226. The average Bonchev–Trinajstić information content (AvgIpc) is 2.26. The fourth-order valence-corrected chi connectivity index (χ4v) is 3.35. The van der Waals surface area contributed by atoms with Gasteiger partial charge in [0.15, 0.2) is 0 Å². The van der Waals surface area contributed by atoms with Crippen LogP contribution in [0.4, 0.5) is 0 Å². The predicted octanol–water partition coefficient (Wildman–Crippen LogP) is 2.17. The number of hydrogen-bond acceptors (Lipinski definition) is 2. The molecule has 2 heterocycles. The third-order valence-corrected chi connectivity index (χ3v) is 4.00. The molecule has 0 N–H and O–H groups in total. The van der Waals surface area contributed by atoms with E-state index in [0.717, 1.165) is 12.5 Å². The molecule has 78 valence electrons. The molecule has 2 unspecified atom stereocenters. The summed E-state index contributed by atoms with van der Waals surface area (Å²) in [5, 5.41) is 0. The fourth-order valence-electron chi connectivity index (χ4n) is 3.35. The van der Waals surface area contributed by atoms with Crippen molar-refractivity contribution in [3.63, 3.8) is 0 Å². The van der Waals surface area contributed by atoms with E-state index in [0.29, 0.717) is 0 Å². The first kappa shape index (κ1) is 8.93. The summed E-state index contributed by atoms with van der Waals surface area (Å²) >= 11 is 0. The molecular formula is C12H19NO. The van der Waals surface area contributed by atoms with Gasteiger partial charge in [-0.05, 0) is 38.2 Å². The Morgan fingerprint density at radius 3 is 3.14 bits per heavy atom. The van der Waals surface area contributed by atoms with Gasteiger partial charge in [-0.3, -0.25) is 4.90 Å². The van der Waals surface area contributed by atoms with Crippen molar-refractivity contribution in [3.8, 4) is 0 Å². The zero-order valence-corrected chi connectivity index (χ0v) is 8.74. The summed E-state index contributed by atoms with van der Waals surface area (Å²) in [6.45, 7) is 3.43. The molecule has 0 amide bonds. The van der Waals surface area contributed by atoms with Gasteiger partial charge in [-0.15, -0.1) is 0 Å². The molecule has 2 atom stereocenters. The second kappa shape index (κ2) is 3.35. The first-order valence-electron chi connectivity index (χ1n) is 5.98. The quantitative estimate of drug-likeness (QED) is 0.547. The molecule has 1 spiro atoms. The highest BCUT2D eigenvalue weighted by atomic mass is 16.5. The Bertz CT molecular complexity index is 249. The molecule has 2 fully saturated rings. The van der Waals surface area contributed by atoms with E-state index in [4.69, 9.17) is 4.74 Å². The number of allylic oxidation sites excluding steroid dienone is 1. The summed E-state index contributed by atoms with van der Waals surface area (Å²) in [6.07, 6.45) is 11.2. The molecule has 0 bridgehead atoms. The van der Waals surface area contributed by atoms with Gasteiger partial charge in [0.2, 0.25) is 0 Å². The Morgan fingerprint density at radius 1 is 1.21 bits per heavy atom. The summed E-state index contributed by atoms with van der Waals surface area (Å²) in [6, 6.07) is 0. The van der Waals surface area contributed by atoms with E-state index in [-0.39, 0.29) is 5.72 Å². The second-order valence-electron chi connectivity index (χ2n) is 4.76. The van der Waals surface area contributed by atoms with E-state index in [1.165, 1.54) is 45.2 Å². The van der Waals surface area contributed by atoms with Crippen molar-refractivity contribution in [2.24, 2.45) is 5.92 Å². The van der Waals surface area contributed by atoms with E-state index in [2.05, 4.69) is 17.1 Å². The van der Waals surface area contributed by atoms with Gasteiger partial charge in [0.1, 0.15) is 5.72 Å². The molecule has 0 aromatic carbocycles. The lowest BCUT2D eigenvalue weighted by atomic mass is 9.78. The topological polar surface area (TPSA) is 12.5 Å². The van der Waals surface area contributed by atoms with Gasteiger partial charge in [-0.1, -0.05) is 6.08 Å². The van der Waals surface area contributed by atoms with E-state index in [1.807, 2.05) is 0 Å². The van der Waals surface area contributed by atoms with Crippen LogP contribution in [-0.4, -0.2) is 30.3 Å². The van der Waals surface area contributed by atoms with Crippen LogP contribution in [0.25, 0.3) is 0 Å². The highest BCUT2D eigenvalue weighted by Crippen LogP contribution is 2.43. The predicted molar refractivity (Wildman–Crippen MR) is 56.0 cm³/mol. The van der Waals surface area contributed by atoms with Gasteiger partial charge >= 0.3 is 0 Å². The van der Waals surface area contributed by atoms with Crippen molar-refractivity contribution in [1.82, 2.24) is 4.90 Å². The van der Waals surface area contributed by atoms with Crippen LogP contribution in [0, 0.1) is 5.92 Å². The molecule has 2 nitrogen and oxygen atoms in total. The summed E-state index contributed by atoms with van der Waals surface area (Å²) in [5.41, 5.74) is 0.0226. The monoisotopic (exact) mass is 193 g/mol. The molecule has 0 radical (unpaired) electrons. The fraction of sp³-hybridized carbons (Fsp3) is 0.833. The summed E-state index contributed by atoms with van der Waals surface area (Å²) in [7, 11) is 0. The van der Waals surface area contributed by atoms with Gasteiger partial charge in [-0.25, -0.2) is 0 Å². The van der Waals surface area contributed by atoms with Crippen molar-refractivity contribution in [2.75, 3.05) is 19.7 Å². The lowest BCUT2D eigenvalue weighted by molar-refractivity contribution is -0.205. The van der Waals surface area contributed by atoms with E-state index < -0.39 is 0 Å². The largest absolute Gasteiger partial charge is 0.356 e. The molecule has 0 saturated carbocycles. The van der Waals surface area contributed by atoms with Crippen LogP contribution < -0.4 is 0 Å². The van der Waals surface area contributed by atoms with Crippen LogP contribution in [0.1, 0.15) is 32.1 Å². The average molecular weight is 193 g/mol. The molecule has 2 aliphatic heterocycles. The third kappa shape index (κ3) is 1.17. The summed E-state index contributed by atoms with van der Waals surface area (Å²) < 4.78 is 6.11. The van der Waals surface area contributed by atoms with E-state index in [1.54, 1.807) is 0 Å².